The number of carbonyl (C=O) groups is 4. The van der Waals surface area contributed by atoms with Gasteiger partial charge < -0.3 is 29.4 Å². The van der Waals surface area contributed by atoms with E-state index in [1.807, 2.05) is 24.3 Å². The van der Waals surface area contributed by atoms with Gasteiger partial charge in [0.15, 0.2) is 0 Å². The third-order valence-electron chi connectivity index (χ3n) is 12.8. The maximum absolute atomic E-state index is 16.1. The molecule has 0 bridgehead atoms. The fraction of sp³-hybridized carbons (Fsp3) is 0.483. The molecule has 0 unspecified atom stereocenters. The third kappa shape index (κ3) is 16.7. The number of esters is 4. The first-order chi connectivity index (χ1) is 32.9. The van der Waals surface area contributed by atoms with Crippen LogP contribution in [0, 0.1) is 17.2 Å². The molecule has 0 spiro atoms. The maximum atomic E-state index is 16.1. The van der Waals surface area contributed by atoms with Crippen LogP contribution in [0.5, 0.6) is 5.75 Å². The van der Waals surface area contributed by atoms with E-state index in [9.17, 15) is 19.2 Å². The van der Waals surface area contributed by atoms with E-state index in [1.165, 1.54) is 59.3 Å². The van der Waals surface area contributed by atoms with E-state index in [1.54, 1.807) is 13.0 Å². The van der Waals surface area contributed by atoms with Gasteiger partial charge in [0.25, 0.3) is 0 Å². The molecule has 0 atom stereocenters. The molecule has 1 aliphatic carbocycles. The number of halogens is 1. The highest BCUT2D eigenvalue weighted by Gasteiger charge is 2.38. The summed E-state index contributed by atoms with van der Waals surface area (Å²) < 4.78 is 45.3. The van der Waals surface area contributed by atoms with Crippen LogP contribution in [-0.2, 0) is 57.4 Å². The van der Waals surface area contributed by atoms with Crippen LogP contribution >= 0.6 is 0 Å². The lowest BCUT2D eigenvalue weighted by atomic mass is 9.77. The molecule has 0 amide bonds. The molecule has 0 aromatic heterocycles. The van der Waals surface area contributed by atoms with Gasteiger partial charge >= 0.3 is 23.9 Å². The highest BCUT2D eigenvalue weighted by molar-refractivity contribution is 5.88. The van der Waals surface area contributed by atoms with Gasteiger partial charge in [0.05, 0.1) is 6.61 Å². The van der Waals surface area contributed by atoms with Crippen LogP contribution in [0.4, 0.5) is 4.39 Å². The second kappa shape index (κ2) is 27.4. The van der Waals surface area contributed by atoms with E-state index < -0.39 is 29.3 Å². The number of rotatable bonds is 28. The Balaban J connectivity index is 1.77. The molecule has 1 aliphatic rings. The molecule has 3 aromatic rings. The minimum atomic E-state index is -1.41. The Hall–Kier alpha value is -5.81. The second-order valence-electron chi connectivity index (χ2n) is 19.1. The van der Waals surface area contributed by atoms with Crippen LogP contribution in [0.2, 0.25) is 0 Å². The van der Waals surface area contributed by atoms with Gasteiger partial charge in [-0.2, -0.15) is 0 Å². The monoisotopic (exact) mass is 950 g/mol. The lowest BCUT2D eigenvalue weighted by Gasteiger charge is -2.33. The summed E-state index contributed by atoms with van der Waals surface area (Å²) in [4.78, 5) is 50.7. The van der Waals surface area contributed by atoms with Crippen LogP contribution in [0.1, 0.15) is 134 Å². The fourth-order valence-electron chi connectivity index (χ4n) is 8.63. The largest absolute Gasteiger partial charge is 0.492 e. The number of hydrogen-bond donors (Lipinski definition) is 1. The van der Waals surface area contributed by atoms with Gasteiger partial charge in [0.1, 0.15) is 43.4 Å². The Kier molecular flexibility index (Phi) is 22.1. The van der Waals surface area contributed by atoms with Crippen molar-refractivity contribution in [1.29, 1.82) is 0 Å². The lowest BCUT2D eigenvalue weighted by Crippen LogP contribution is -2.44. The Morgan fingerprint density at radius 1 is 0.623 bits per heavy atom. The standard InChI is InChI=1S/C58H76FNO9/c1-11-13-14-17-42-20-22-44(23-21-42)45-24-27-51(52(59)33-45)46-25-26-50(43(12-2)30-46)49-31-47(18-15-28-60)53(48(32-49)19-16-29-65-54(61)38(3)4)66-34-58(35-67-55(62)39(5)6,36-68-56(63)40(7)8)37-69-57(64)41(9)10/h24-27,30-33,42,44H,3,5,7,9,11-23,28-29,34-37,60H2,1-2,4,6,8,10H3. The summed E-state index contributed by atoms with van der Waals surface area (Å²) in [6.07, 6.45) is 12.4. The normalized spacial score (nSPS) is 14.6. The molecular formula is C58H76FNO9. The summed E-state index contributed by atoms with van der Waals surface area (Å²) in [6.45, 7) is 24.3. The fourth-order valence-corrected chi connectivity index (χ4v) is 8.63. The number of hydrogen-bond acceptors (Lipinski definition) is 10. The summed E-state index contributed by atoms with van der Waals surface area (Å²) in [5.74, 6) is -1.13. The molecule has 0 saturated heterocycles. The van der Waals surface area contributed by atoms with Gasteiger partial charge in [-0.1, -0.05) is 96.2 Å². The van der Waals surface area contributed by atoms with Crippen molar-refractivity contribution in [2.45, 2.75) is 131 Å². The van der Waals surface area contributed by atoms with Crippen molar-refractivity contribution < 1.29 is 47.3 Å². The zero-order chi connectivity index (χ0) is 50.7. The highest BCUT2D eigenvalue weighted by atomic mass is 19.1. The highest BCUT2D eigenvalue weighted by Crippen LogP contribution is 2.41. The lowest BCUT2D eigenvalue weighted by molar-refractivity contribution is -0.159. The van der Waals surface area contributed by atoms with Gasteiger partial charge in [-0.15, -0.1) is 0 Å². The van der Waals surface area contributed by atoms with E-state index in [0.29, 0.717) is 55.9 Å². The summed E-state index contributed by atoms with van der Waals surface area (Å²) in [5, 5.41) is 0. The topological polar surface area (TPSA) is 140 Å². The predicted octanol–water partition coefficient (Wildman–Crippen LogP) is 12.2. The molecule has 10 nitrogen and oxygen atoms in total. The average Bonchev–Trinajstić information content (AvgIpc) is 3.33. The van der Waals surface area contributed by atoms with Gasteiger partial charge in [-0.25, -0.2) is 23.6 Å². The van der Waals surface area contributed by atoms with Crippen LogP contribution in [0.15, 0.2) is 97.1 Å². The summed E-state index contributed by atoms with van der Waals surface area (Å²) in [5.41, 5.74) is 12.3. The minimum Gasteiger partial charge on any atom is -0.492 e. The summed E-state index contributed by atoms with van der Waals surface area (Å²) >= 11 is 0. The van der Waals surface area contributed by atoms with E-state index >= 15 is 4.39 Å². The quantitative estimate of drug-likeness (QED) is 0.0324. The van der Waals surface area contributed by atoms with Crippen molar-refractivity contribution in [1.82, 2.24) is 0 Å². The Bertz CT molecular complexity index is 2250. The van der Waals surface area contributed by atoms with Crippen molar-refractivity contribution in [3.8, 4) is 28.0 Å². The SMILES string of the molecule is C=C(C)C(=O)OCCCc1cc(-c2ccc(-c3ccc(C4CCC(CCCCC)CC4)cc3F)cc2CC)cc(CCCN)c1OCC(COC(=O)C(=C)C)(COC(=O)C(=C)C)COC(=O)C(=C)C. The molecule has 69 heavy (non-hydrogen) atoms. The number of unbranched alkanes of at least 4 members (excludes halogenated alkanes) is 2. The van der Waals surface area contributed by atoms with E-state index in [-0.39, 0.29) is 61.1 Å². The van der Waals surface area contributed by atoms with Crippen molar-refractivity contribution in [2.24, 2.45) is 17.1 Å². The Morgan fingerprint density at radius 2 is 1.14 bits per heavy atom. The number of carbonyl (C=O) groups excluding carboxylic acids is 4. The van der Waals surface area contributed by atoms with Crippen LogP contribution in [0.25, 0.3) is 22.3 Å². The summed E-state index contributed by atoms with van der Waals surface area (Å²) in [6, 6.07) is 15.9. The van der Waals surface area contributed by atoms with Gasteiger partial charge in [-0.3, -0.25) is 0 Å². The average molecular weight is 950 g/mol. The molecule has 4 rings (SSSR count). The second-order valence-corrected chi connectivity index (χ2v) is 19.1. The maximum Gasteiger partial charge on any atom is 0.333 e. The van der Waals surface area contributed by atoms with Crippen molar-refractivity contribution in [2.75, 3.05) is 39.6 Å². The first kappa shape index (κ1) is 55.8. The molecule has 1 fully saturated rings. The number of benzene rings is 3. The Morgan fingerprint density at radius 3 is 1.65 bits per heavy atom. The smallest absolute Gasteiger partial charge is 0.333 e. The molecule has 0 aliphatic heterocycles. The molecule has 1 saturated carbocycles. The van der Waals surface area contributed by atoms with E-state index in [4.69, 9.17) is 29.4 Å². The van der Waals surface area contributed by atoms with Crippen molar-refractivity contribution >= 4 is 23.9 Å². The van der Waals surface area contributed by atoms with Gasteiger partial charge in [-0.05, 0) is 161 Å². The summed E-state index contributed by atoms with van der Waals surface area (Å²) in [7, 11) is 0. The first-order valence-electron chi connectivity index (χ1n) is 24.6. The first-order valence-corrected chi connectivity index (χ1v) is 24.6. The van der Waals surface area contributed by atoms with Gasteiger partial charge in [0.2, 0.25) is 0 Å². The minimum absolute atomic E-state index is 0.113. The molecule has 0 heterocycles. The van der Waals surface area contributed by atoms with Crippen LogP contribution < -0.4 is 10.5 Å². The van der Waals surface area contributed by atoms with Crippen LogP contribution in [0.3, 0.4) is 0 Å². The number of ether oxygens (including phenoxy) is 5. The number of aryl methyl sites for hydroxylation is 3. The van der Waals surface area contributed by atoms with Crippen molar-refractivity contribution in [3.05, 3.63) is 125 Å². The molecule has 0 radical (unpaired) electrons. The third-order valence-corrected chi connectivity index (χ3v) is 12.8. The molecule has 3 aromatic carbocycles. The molecule has 2 N–H and O–H groups in total. The zero-order valence-corrected chi connectivity index (χ0v) is 42.2. The Labute approximate surface area is 410 Å². The zero-order valence-electron chi connectivity index (χ0n) is 42.2. The van der Waals surface area contributed by atoms with Crippen LogP contribution in [-0.4, -0.2) is 63.5 Å². The predicted molar refractivity (Wildman–Crippen MR) is 272 cm³/mol. The number of nitrogens with two attached hydrogens (primary N) is 1. The van der Waals surface area contributed by atoms with E-state index in [0.717, 1.165) is 57.7 Å². The van der Waals surface area contributed by atoms with E-state index in [2.05, 4.69) is 58.4 Å². The molecular weight excluding hydrogens is 874 g/mol. The molecule has 374 valence electrons. The van der Waals surface area contributed by atoms with Gasteiger partial charge in [0, 0.05) is 27.9 Å². The van der Waals surface area contributed by atoms with Crippen molar-refractivity contribution in [3.63, 3.8) is 0 Å². The molecule has 11 heteroatoms.